The average Bonchev–Trinajstić information content (AvgIpc) is 2.73. The fourth-order valence-electron chi connectivity index (χ4n) is 3.31. The number of non-ortho nitro benzene ring substituents is 1. The third-order valence-corrected chi connectivity index (χ3v) is 4.60. The van der Waals surface area contributed by atoms with E-state index < -0.39 is 41.5 Å². The van der Waals surface area contributed by atoms with Gasteiger partial charge in [0.05, 0.1) is 22.0 Å². The number of esters is 3. The Kier molecular flexibility index (Phi) is 8.38. The van der Waals surface area contributed by atoms with Crippen molar-refractivity contribution in [3.8, 4) is 0 Å². The second kappa shape index (κ2) is 10.8. The molecule has 1 aromatic carbocycles. The number of hydrogen-bond acceptors (Lipinski definition) is 9. The van der Waals surface area contributed by atoms with Gasteiger partial charge >= 0.3 is 24.1 Å². The van der Waals surface area contributed by atoms with Crippen molar-refractivity contribution in [1.29, 1.82) is 0 Å². The van der Waals surface area contributed by atoms with Gasteiger partial charge in [-0.2, -0.15) is 13.2 Å². The number of dihydropyridines is 1. The largest absolute Gasteiger partial charge is 0.462 e. The van der Waals surface area contributed by atoms with Crippen LogP contribution >= 0.6 is 0 Å². The molecule has 0 aliphatic carbocycles. The average molecular weight is 486 g/mol. The molecule has 13 heteroatoms. The van der Waals surface area contributed by atoms with E-state index in [4.69, 9.17) is 4.74 Å². The molecule has 0 fully saturated rings. The van der Waals surface area contributed by atoms with Crippen LogP contribution in [0.15, 0.2) is 46.8 Å². The zero-order valence-corrected chi connectivity index (χ0v) is 18.4. The van der Waals surface area contributed by atoms with Crippen molar-refractivity contribution in [2.45, 2.75) is 32.9 Å². The zero-order valence-electron chi connectivity index (χ0n) is 18.4. The summed E-state index contributed by atoms with van der Waals surface area (Å²) in [6.45, 7) is 1.56. The molecule has 1 N–H and O–H groups in total. The number of hydrogen-bond donors (Lipinski definition) is 1. The lowest BCUT2D eigenvalue weighted by Crippen LogP contribution is -2.33. The molecular formula is C21H21F3N2O8. The van der Waals surface area contributed by atoms with Crippen LogP contribution in [0.5, 0.6) is 0 Å². The van der Waals surface area contributed by atoms with E-state index in [9.17, 15) is 37.7 Å². The second-order valence-electron chi connectivity index (χ2n) is 7.15. The summed E-state index contributed by atoms with van der Waals surface area (Å²) in [6.07, 6.45) is -4.79. The van der Waals surface area contributed by atoms with Gasteiger partial charge in [0, 0.05) is 30.5 Å². The van der Waals surface area contributed by atoms with Gasteiger partial charge in [0.25, 0.3) is 5.69 Å². The molecular weight excluding hydrogens is 465 g/mol. The lowest BCUT2D eigenvalue weighted by atomic mass is 9.80. The van der Waals surface area contributed by atoms with Crippen molar-refractivity contribution in [2.75, 3.05) is 19.8 Å². The summed E-state index contributed by atoms with van der Waals surface area (Å²) in [5.74, 6) is -4.27. The standard InChI is InChI=1S/C21H21F3N2O8/c1-11-16(19(28)33-8-7-32-13(3)27)18(14-5-4-6-15(9-14)26(30)31)17(12(2)25-11)20(29)34-10-21(22,23)24/h4-6,9,18,25H,7-8,10H2,1-3H3. The third-order valence-electron chi connectivity index (χ3n) is 4.60. The van der Waals surface area contributed by atoms with Crippen LogP contribution in [0.1, 0.15) is 32.3 Å². The van der Waals surface area contributed by atoms with E-state index in [2.05, 4.69) is 14.8 Å². The lowest BCUT2D eigenvalue weighted by molar-refractivity contribution is -0.384. The minimum atomic E-state index is -4.79. The highest BCUT2D eigenvalue weighted by atomic mass is 19.4. The number of ether oxygens (including phenoxy) is 3. The summed E-state index contributed by atoms with van der Waals surface area (Å²) in [5.41, 5.74) is -0.496. The topological polar surface area (TPSA) is 134 Å². The van der Waals surface area contributed by atoms with Crippen molar-refractivity contribution in [3.05, 3.63) is 62.5 Å². The highest BCUT2D eigenvalue weighted by molar-refractivity contribution is 6.00. The molecule has 1 aliphatic rings. The number of allylic oxidation sites excluding steroid dienone is 2. The molecule has 0 saturated carbocycles. The number of nitrogens with one attached hydrogen (secondary N) is 1. The van der Waals surface area contributed by atoms with Crippen molar-refractivity contribution < 1.29 is 46.7 Å². The van der Waals surface area contributed by atoms with E-state index in [0.717, 1.165) is 13.0 Å². The summed E-state index contributed by atoms with van der Waals surface area (Å²) in [6, 6.07) is 4.96. The van der Waals surface area contributed by atoms with Gasteiger partial charge in [0.2, 0.25) is 0 Å². The van der Waals surface area contributed by atoms with E-state index in [1.807, 2.05) is 0 Å². The molecule has 1 aliphatic heterocycles. The van der Waals surface area contributed by atoms with Gasteiger partial charge in [-0.25, -0.2) is 9.59 Å². The molecule has 1 aromatic rings. The number of benzene rings is 1. The molecule has 2 rings (SSSR count). The van der Waals surface area contributed by atoms with Crippen molar-refractivity contribution in [3.63, 3.8) is 0 Å². The summed E-state index contributed by atoms with van der Waals surface area (Å²) in [7, 11) is 0. The molecule has 1 heterocycles. The maximum absolute atomic E-state index is 12.9. The van der Waals surface area contributed by atoms with Crippen LogP contribution in [0.4, 0.5) is 18.9 Å². The van der Waals surface area contributed by atoms with Gasteiger partial charge in [0.15, 0.2) is 6.61 Å². The molecule has 34 heavy (non-hydrogen) atoms. The predicted octanol–water partition coefficient (Wildman–Crippen LogP) is 3.04. The lowest BCUT2D eigenvalue weighted by Gasteiger charge is -2.30. The molecule has 184 valence electrons. The van der Waals surface area contributed by atoms with E-state index >= 15 is 0 Å². The highest BCUT2D eigenvalue weighted by Gasteiger charge is 2.40. The molecule has 0 amide bonds. The van der Waals surface area contributed by atoms with Crippen LogP contribution in [0.2, 0.25) is 0 Å². The quantitative estimate of drug-likeness (QED) is 0.193. The monoisotopic (exact) mass is 486 g/mol. The highest BCUT2D eigenvalue weighted by Crippen LogP contribution is 2.40. The first kappa shape index (κ1) is 26.4. The Balaban J connectivity index is 2.50. The van der Waals surface area contributed by atoms with Gasteiger partial charge < -0.3 is 19.5 Å². The van der Waals surface area contributed by atoms with Crippen LogP contribution in [0.25, 0.3) is 0 Å². The fourth-order valence-corrected chi connectivity index (χ4v) is 3.31. The van der Waals surface area contributed by atoms with Crippen molar-refractivity contribution in [2.24, 2.45) is 0 Å². The Morgan fingerprint density at radius 3 is 2.12 bits per heavy atom. The van der Waals surface area contributed by atoms with Gasteiger partial charge in [-0.15, -0.1) is 0 Å². The summed E-state index contributed by atoms with van der Waals surface area (Å²) in [5, 5.41) is 14.0. The van der Waals surface area contributed by atoms with E-state index in [-0.39, 0.29) is 47.0 Å². The van der Waals surface area contributed by atoms with Crippen LogP contribution < -0.4 is 5.32 Å². The fraction of sp³-hybridized carbons (Fsp3) is 0.381. The Morgan fingerprint density at radius 2 is 1.59 bits per heavy atom. The predicted molar refractivity (Wildman–Crippen MR) is 109 cm³/mol. The summed E-state index contributed by atoms with van der Waals surface area (Å²) < 4.78 is 52.1. The third kappa shape index (κ3) is 6.80. The van der Waals surface area contributed by atoms with E-state index in [1.54, 1.807) is 0 Å². The number of alkyl halides is 3. The minimum Gasteiger partial charge on any atom is -0.462 e. The maximum atomic E-state index is 12.9. The van der Waals surface area contributed by atoms with Crippen LogP contribution in [-0.2, 0) is 28.6 Å². The first-order chi connectivity index (χ1) is 15.8. The summed E-state index contributed by atoms with van der Waals surface area (Å²) in [4.78, 5) is 47.0. The molecule has 0 radical (unpaired) electrons. The van der Waals surface area contributed by atoms with E-state index in [1.165, 1.54) is 32.0 Å². The molecule has 0 spiro atoms. The Hall–Kier alpha value is -3.90. The first-order valence-electron chi connectivity index (χ1n) is 9.79. The zero-order chi connectivity index (χ0) is 25.6. The molecule has 1 unspecified atom stereocenters. The number of rotatable bonds is 8. The first-order valence-corrected chi connectivity index (χ1v) is 9.79. The molecule has 0 aromatic heterocycles. The normalized spacial score (nSPS) is 16.0. The summed E-state index contributed by atoms with van der Waals surface area (Å²) >= 11 is 0. The van der Waals surface area contributed by atoms with Crippen LogP contribution in [0.3, 0.4) is 0 Å². The van der Waals surface area contributed by atoms with Gasteiger partial charge in [-0.05, 0) is 19.4 Å². The Labute approximate surface area is 191 Å². The molecule has 0 bridgehead atoms. The minimum absolute atomic E-state index is 0.0836. The van der Waals surface area contributed by atoms with Crippen molar-refractivity contribution in [1.82, 2.24) is 5.32 Å². The maximum Gasteiger partial charge on any atom is 0.422 e. The number of halogens is 3. The second-order valence-corrected chi connectivity index (χ2v) is 7.15. The number of nitro benzene ring substituents is 1. The smallest absolute Gasteiger partial charge is 0.422 e. The van der Waals surface area contributed by atoms with Crippen molar-refractivity contribution >= 4 is 23.6 Å². The number of nitrogens with zero attached hydrogens (tertiary/aromatic N) is 1. The molecule has 10 nitrogen and oxygen atoms in total. The number of nitro groups is 1. The Bertz CT molecular complexity index is 1060. The van der Waals surface area contributed by atoms with Gasteiger partial charge in [-0.3, -0.25) is 14.9 Å². The van der Waals surface area contributed by atoms with Crippen LogP contribution in [-0.4, -0.2) is 48.8 Å². The Morgan fingerprint density at radius 1 is 1.03 bits per heavy atom. The van der Waals surface area contributed by atoms with Gasteiger partial charge in [-0.1, -0.05) is 12.1 Å². The van der Waals surface area contributed by atoms with Gasteiger partial charge in [0.1, 0.15) is 13.2 Å². The van der Waals surface area contributed by atoms with Crippen LogP contribution in [0, 0.1) is 10.1 Å². The molecule has 1 atom stereocenters. The van der Waals surface area contributed by atoms with E-state index in [0.29, 0.717) is 0 Å². The number of carbonyl (C=O) groups excluding carboxylic acids is 3. The SMILES string of the molecule is CC(=O)OCCOC(=O)C1=C(C)NC(C)=C(C(=O)OCC(F)(F)F)C1c1cccc([N+](=O)[O-])c1. The number of carbonyl (C=O) groups is 3. The molecule has 0 saturated heterocycles.